The van der Waals surface area contributed by atoms with Gasteiger partial charge in [-0.2, -0.15) is 13.2 Å². The van der Waals surface area contributed by atoms with Gasteiger partial charge in [0.15, 0.2) is 6.61 Å². The zero-order chi connectivity index (χ0) is 20.0. The number of ether oxygens (including phenoxy) is 1. The van der Waals surface area contributed by atoms with Crippen molar-refractivity contribution >= 4 is 5.91 Å². The molecule has 1 N–H and O–H groups in total. The third-order valence-corrected chi connectivity index (χ3v) is 3.97. The second-order valence-electron chi connectivity index (χ2n) is 5.98. The van der Waals surface area contributed by atoms with Crippen LogP contribution in [0.5, 0.6) is 5.75 Å². The van der Waals surface area contributed by atoms with Gasteiger partial charge in [-0.15, -0.1) is 0 Å². The molecule has 0 saturated heterocycles. The van der Waals surface area contributed by atoms with E-state index in [2.05, 4.69) is 10.3 Å². The van der Waals surface area contributed by atoms with E-state index in [9.17, 15) is 18.0 Å². The number of halogens is 3. The third-order valence-electron chi connectivity index (χ3n) is 3.97. The van der Waals surface area contributed by atoms with Crippen LogP contribution in [-0.2, 0) is 11.0 Å². The predicted molar refractivity (Wildman–Crippen MR) is 97.6 cm³/mol. The molecule has 1 amide bonds. The van der Waals surface area contributed by atoms with Gasteiger partial charge in [0, 0.05) is 6.20 Å². The summed E-state index contributed by atoms with van der Waals surface area (Å²) in [7, 11) is 0. The van der Waals surface area contributed by atoms with Gasteiger partial charge in [-0.3, -0.25) is 9.78 Å². The Labute approximate surface area is 160 Å². The summed E-state index contributed by atoms with van der Waals surface area (Å²) in [5.74, 6) is -0.239. The summed E-state index contributed by atoms with van der Waals surface area (Å²) in [4.78, 5) is 16.7. The van der Waals surface area contributed by atoms with E-state index in [4.69, 9.17) is 4.74 Å². The van der Waals surface area contributed by atoms with Crippen LogP contribution in [0.3, 0.4) is 0 Å². The Kier molecular flexibility index (Phi) is 5.93. The van der Waals surface area contributed by atoms with Gasteiger partial charge < -0.3 is 10.1 Å². The average Bonchev–Trinajstić information content (AvgIpc) is 2.71. The largest absolute Gasteiger partial charge is 0.484 e. The fraction of sp³-hybridized carbons (Fsp3) is 0.143. The Morgan fingerprint density at radius 2 is 1.64 bits per heavy atom. The van der Waals surface area contributed by atoms with Gasteiger partial charge in [-0.05, 0) is 42.0 Å². The summed E-state index contributed by atoms with van der Waals surface area (Å²) < 4.78 is 43.1. The second-order valence-corrected chi connectivity index (χ2v) is 5.98. The Morgan fingerprint density at radius 1 is 0.964 bits per heavy atom. The molecule has 3 aromatic rings. The Morgan fingerprint density at radius 3 is 2.25 bits per heavy atom. The van der Waals surface area contributed by atoms with Gasteiger partial charge >= 0.3 is 6.18 Å². The second kappa shape index (κ2) is 8.56. The van der Waals surface area contributed by atoms with Crippen molar-refractivity contribution in [2.24, 2.45) is 0 Å². The van der Waals surface area contributed by atoms with Crippen molar-refractivity contribution in [1.29, 1.82) is 0 Å². The minimum atomic E-state index is -4.42. The molecule has 1 atom stereocenters. The number of pyridine rings is 1. The van der Waals surface area contributed by atoms with Crippen molar-refractivity contribution in [3.63, 3.8) is 0 Å². The van der Waals surface area contributed by atoms with E-state index in [-0.39, 0.29) is 12.4 Å². The maximum Gasteiger partial charge on any atom is 0.416 e. The average molecular weight is 386 g/mol. The first-order chi connectivity index (χ1) is 13.4. The summed E-state index contributed by atoms with van der Waals surface area (Å²) in [6.45, 7) is -0.332. The molecule has 7 heteroatoms. The monoisotopic (exact) mass is 386 g/mol. The number of carbonyl (C=O) groups excluding carboxylic acids is 1. The number of nitrogens with one attached hydrogen (secondary N) is 1. The molecule has 144 valence electrons. The summed E-state index contributed by atoms with van der Waals surface area (Å²) in [5, 5.41) is 2.85. The number of alkyl halides is 3. The maximum atomic E-state index is 12.6. The van der Waals surface area contributed by atoms with E-state index in [1.165, 1.54) is 12.1 Å². The Balaban J connectivity index is 1.66. The molecule has 1 heterocycles. The Bertz CT molecular complexity index is 859. The van der Waals surface area contributed by atoms with E-state index in [1.54, 1.807) is 18.3 Å². The standard InChI is InChI=1S/C21H17F3N2O2/c22-21(23,24)16-9-11-17(12-10-16)28-14-19(27)26-20(15-6-2-1-3-7-15)18-8-4-5-13-25-18/h1-13,20H,14H2,(H,26,27)/t20-/m1/s1. The normalized spacial score (nSPS) is 12.2. The molecule has 2 aromatic carbocycles. The fourth-order valence-electron chi connectivity index (χ4n) is 2.61. The lowest BCUT2D eigenvalue weighted by molar-refractivity contribution is -0.137. The van der Waals surface area contributed by atoms with Crippen LogP contribution in [0.2, 0.25) is 0 Å². The number of hydrogen-bond acceptors (Lipinski definition) is 3. The predicted octanol–water partition coefficient (Wildman–Crippen LogP) is 4.39. The van der Waals surface area contributed by atoms with Crippen LogP contribution in [0.25, 0.3) is 0 Å². The van der Waals surface area contributed by atoms with Crippen molar-refractivity contribution in [2.75, 3.05) is 6.61 Å². The van der Waals surface area contributed by atoms with E-state index in [0.717, 1.165) is 17.7 Å². The lowest BCUT2D eigenvalue weighted by Crippen LogP contribution is -2.33. The number of carbonyl (C=O) groups is 1. The lowest BCUT2D eigenvalue weighted by Gasteiger charge is -2.19. The Hall–Kier alpha value is -3.35. The lowest BCUT2D eigenvalue weighted by atomic mass is 10.0. The molecule has 0 bridgehead atoms. The highest BCUT2D eigenvalue weighted by molar-refractivity contribution is 5.78. The van der Waals surface area contributed by atoms with Crippen LogP contribution in [0, 0.1) is 0 Å². The summed E-state index contributed by atoms with van der Waals surface area (Å²) >= 11 is 0. The maximum absolute atomic E-state index is 12.6. The first kappa shape index (κ1) is 19.4. The van der Waals surface area contributed by atoms with Gasteiger partial charge in [0.05, 0.1) is 17.3 Å². The van der Waals surface area contributed by atoms with E-state index in [1.807, 2.05) is 36.4 Å². The van der Waals surface area contributed by atoms with Crippen molar-refractivity contribution in [2.45, 2.75) is 12.2 Å². The summed E-state index contributed by atoms with van der Waals surface area (Å²) in [6, 6.07) is 18.5. The zero-order valence-electron chi connectivity index (χ0n) is 14.7. The highest BCUT2D eigenvalue weighted by atomic mass is 19.4. The molecule has 0 spiro atoms. The zero-order valence-corrected chi connectivity index (χ0v) is 14.7. The molecule has 0 fully saturated rings. The molecule has 0 unspecified atom stereocenters. The molecule has 0 aliphatic rings. The number of rotatable bonds is 6. The molecule has 4 nitrogen and oxygen atoms in total. The minimum Gasteiger partial charge on any atom is -0.484 e. The molecule has 1 aromatic heterocycles. The number of nitrogens with zero attached hydrogens (tertiary/aromatic N) is 1. The molecule has 3 rings (SSSR count). The topological polar surface area (TPSA) is 51.2 Å². The molecule has 0 radical (unpaired) electrons. The van der Waals surface area contributed by atoms with E-state index < -0.39 is 23.7 Å². The van der Waals surface area contributed by atoms with Gasteiger partial charge in [-0.25, -0.2) is 0 Å². The van der Waals surface area contributed by atoms with Gasteiger partial charge in [0.2, 0.25) is 0 Å². The summed E-state index contributed by atoms with van der Waals surface area (Å²) in [6.07, 6.45) is -2.78. The number of hydrogen-bond donors (Lipinski definition) is 1. The molecular formula is C21H17F3N2O2. The molecule has 0 saturated carbocycles. The molecule has 0 aliphatic heterocycles. The van der Waals surface area contributed by atoms with Crippen molar-refractivity contribution in [3.05, 3.63) is 95.8 Å². The quantitative estimate of drug-likeness (QED) is 0.684. The fourth-order valence-corrected chi connectivity index (χ4v) is 2.61. The van der Waals surface area contributed by atoms with Crippen molar-refractivity contribution in [1.82, 2.24) is 10.3 Å². The van der Waals surface area contributed by atoms with E-state index >= 15 is 0 Å². The van der Waals surface area contributed by atoms with Gasteiger partial charge in [0.25, 0.3) is 5.91 Å². The molecular weight excluding hydrogens is 369 g/mol. The highest BCUT2D eigenvalue weighted by Gasteiger charge is 2.30. The van der Waals surface area contributed by atoms with Crippen LogP contribution in [-0.4, -0.2) is 17.5 Å². The first-order valence-electron chi connectivity index (χ1n) is 8.49. The van der Waals surface area contributed by atoms with Crippen LogP contribution >= 0.6 is 0 Å². The first-order valence-corrected chi connectivity index (χ1v) is 8.49. The SMILES string of the molecule is O=C(COc1ccc(C(F)(F)F)cc1)N[C@H](c1ccccc1)c1ccccn1. The molecule has 0 aliphatic carbocycles. The van der Waals surface area contributed by atoms with Gasteiger partial charge in [0.1, 0.15) is 5.75 Å². The number of benzene rings is 2. The molecule has 28 heavy (non-hydrogen) atoms. The number of amides is 1. The minimum absolute atomic E-state index is 0.178. The highest BCUT2D eigenvalue weighted by Crippen LogP contribution is 2.30. The van der Waals surface area contributed by atoms with Gasteiger partial charge in [-0.1, -0.05) is 36.4 Å². The van der Waals surface area contributed by atoms with Crippen LogP contribution < -0.4 is 10.1 Å². The van der Waals surface area contributed by atoms with E-state index in [0.29, 0.717) is 5.69 Å². The summed E-state index contributed by atoms with van der Waals surface area (Å²) in [5.41, 5.74) is 0.740. The van der Waals surface area contributed by atoms with Crippen LogP contribution in [0.15, 0.2) is 79.0 Å². The van der Waals surface area contributed by atoms with Crippen molar-refractivity contribution in [3.8, 4) is 5.75 Å². The third kappa shape index (κ3) is 5.09. The number of aromatic nitrogens is 1. The van der Waals surface area contributed by atoms with Crippen molar-refractivity contribution < 1.29 is 22.7 Å². The van der Waals surface area contributed by atoms with Crippen LogP contribution in [0.1, 0.15) is 22.9 Å². The smallest absolute Gasteiger partial charge is 0.416 e. The van der Waals surface area contributed by atoms with Crippen LogP contribution in [0.4, 0.5) is 13.2 Å².